The first-order valence-electron chi connectivity index (χ1n) is 7.71. The van der Waals surface area contributed by atoms with E-state index in [4.69, 9.17) is 10.7 Å². The second-order valence-corrected chi connectivity index (χ2v) is 5.71. The van der Waals surface area contributed by atoms with E-state index in [2.05, 4.69) is 15.0 Å². The van der Waals surface area contributed by atoms with Gasteiger partial charge in [0.15, 0.2) is 0 Å². The van der Waals surface area contributed by atoms with Crippen LogP contribution in [0.4, 0.5) is 17.8 Å². The molecule has 1 aromatic carbocycles. The normalized spacial score (nSPS) is 11.3. The molecule has 2 N–H and O–H groups in total. The van der Waals surface area contributed by atoms with Crippen molar-refractivity contribution in [1.82, 2.24) is 24.5 Å². The number of nitrogen functional groups attached to an aromatic ring is 1. The summed E-state index contributed by atoms with van der Waals surface area (Å²) < 4.78 is 2.04. The predicted molar refractivity (Wildman–Crippen MR) is 91.7 cm³/mol. The first-order valence-corrected chi connectivity index (χ1v) is 7.71. The van der Waals surface area contributed by atoms with Crippen molar-refractivity contribution in [3.8, 4) is 0 Å². The molecule has 0 amide bonds. The van der Waals surface area contributed by atoms with Crippen molar-refractivity contribution in [3.63, 3.8) is 0 Å². The van der Waals surface area contributed by atoms with Crippen molar-refractivity contribution in [3.05, 3.63) is 30.1 Å². The maximum atomic E-state index is 5.86. The molecule has 0 saturated heterocycles. The Kier molecular flexibility index (Phi) is 3.85. The monoisotopic (exact) mass is 311 g/mol. The number of rotatable bonds is 4. The number of aromatic nitrogens is 5. The van der Waals surface area contributed by atoms with Crippen molar-refractivity contribution >= 4 is 28.9 Å². The highest BCUT2D eigenvalue weighted by Gasteiger charge is 2.19. The van der Waals surface area contributed by atoms with Gasteiger partial charge in [-0.2, -0.15) is 15.0 Å². The van der Waals surface area contributed by atoms with Crippen molar-refractivity contribution in [2.45, 2.75) is 26.7 Å². The maximum Gasteiger partial charge on any atom is 0.237 e. The number of hydrogen-bond donors (Lipinski definition) is 1. The molecule has 23 heavy (non-hydrogen) atoms. The SMILES string of the molecule is CCN(c1nc(N)nc(C(C)C)n1)c1nc2ccccc2n1C. The van der Waals surface area contributed by atoms with Gasteiger partial charge in [-0.3, -0.25) is 4.90 Å². The lowest BCUT2D eigenvalue weighted by Gasteiger charge is -2.20. The minimum absolute atomic E-state index is 0.179. The molecule has 2 aromatic heterocycles. The minimum atomic E-state index is 0.179. The highest BCUT2D eigenvalue weighted by molar-refractivity contribution is 5.79. The minimum Gasteiger partial charge on any atom is -0.368 e. The van der Waals surface area contributed by atoms with Crippen LogP contribution >= 0.6 is 0 Å². The van der Waals surface area contributed by atoms with Crippen LogP contribution in [0.3, 0.4) is 0 Å². The van der Waals surface area contributed by atoms with Gasteiger partial charge in [-0.15, -0.1) is 0 Å². The molecule has 7 nitrogen and oxygen atoms in total. The molecule has 3 aromatic rings. The van der Waals surface area contributed by atoms with Crippen LogP contribution < -0.4 is 10.6 Å². The van der Waals surface area contributed by atoms with Gasteiger partial charge in [0.25, 0.3) is 0 Å². The van der Waals surface area contributed by atoms with Crippen LogP contribution in [0.5, 0.6) is 0 Å². The largest absolute Gasteiger partial charge is 0.368 e. The number of fused-ring (bicyclic) bond motifs is 1. The maximum absolute atomic E-state index is 5.86. The van der Waals surface area contributed by atoms with E-state index in [0.29, 0.717) is 18.3 Å². The first-order chi connectivity index (χ1) is 11.0. The summed E-state index contributed by atoms with van der Waals surface area (Å²) in [6.45, 7) is 6.78. The summed E-state index contributed by atoms with van der Waals surface area (Å²) in [4.78, 5) is 19.7. The van der Waals surface area contributed by atoms with Gasteiger partial charge >= 0.3 is 0 Å². The molecule has 2 heterocycles. The molecule has 0 bridgehead atoms. The highest BCUT2D eigenvalue weighted by atomic mass is 15.4. The smallest absolute Gasteiger partial charge is 0.237 e. The van der Waals surface area contributed by atoms with Crippen LogP contribution in [0.25, 0.3) is 11.0 Å². The predicted octanol–water partition coefficient (Wildman–Crippen LogP) is 2.62. The van der Waals surface area contributed by atoms with E-state index in [-0.39, 0.29) is 11.9 Å². The Hall–Kier alpha value is -2.70. The number of benzene rings is 1. The fraction of sp³-hybridized carbons (Fsp3) is 0.375. The first kappa shape index (κ1) is 15.2. The third-order valence-electron chi connectivity index (χ3n) is 3.74. The van der Waals surface area contributed by atoms with E-state index in [0.717, 1.165) is 17.0 Å². The topological polar surface area (TPSA) is 85.8 Å². The quantitative estimate of drug-likeness (QED) is 0.797. The molecular formula is C16H21N7. The third-order valence-corrected chi connectivity index (χ3v) is 3.74. The molecule has 120 valence electrons. The zero-order valence-corrected chi connectivity index (χ0v) is 13.9. The number of para-hydroxylation sites is 2. The van der Waals surface area contributed by atoms with Crippen LogP contribution in [0, 0.1) is 0 Å². The van der Waals surface area contributed by atoms with E-state index in [1.807, 2.05) is 61.6 Å². The third kappa shape index (κ3) is 2.69. The molecule has 0 aliphatic rings. The fourth-order valence-electron chi connectivity index (χ4n) is 2.52. The van der Waals surface area contributed by atoms with Crippen LogP contribution in [0.2, 0.25) is 0 Å². The zero-order chi connectivity index (χ0) is 16.6. The Bertz CT molecular complexity index is 838. The van der Waals surface area contributed by atoms with E-state index in [1.165, 1.54) is 0 Å². The number of aryl methyl sites for hydroxylation is 1. The van der Waals surface area contributed by atoms with Gasteiger partial charge < -0.3 is 10.3 Å². The molecule has 0 radical (unpaired) electrons. The average Bonchev–Trinajstić information content (AvgIpc) is 2.85. The van der Waals surface area contributed by atoms with Gasteiger partial charge in [-0.05, 0) is 19.1 Å². The van der Waals surface area contributed by atoms with E-state index >= 15 is 0 Å². The number of nitrogens with zero attached hydrogens (tertiary/aromatic N) is 6. The standard InChI is InChI=1S/C16H21N7/c1-5-23(15-20-13(10(2)3)19-14(17)21-15)16-18-11-8-6-7-9-12(11)22(16)4/h6-10H,5H2,1-4H3,(H2,17,19,20,21). The van der Waals surface area contributed by atoms with Gasteiger partial charge in [-0.25, -0.2) is 4.98 Å². The molecule has 3 rings (SSSR count). The Labute approximate surface area is 135 Å². The number of nitrogens with two attached hydrogens (primary N) is 1. The van der Waals surface area contributed by atoms with Crippen molar-refractivity contribution in [1.29, 1.82) is 0 Å². The van der Waals surface area contributed by atoms with Crippen molar-refractivity contribution < 1.29 is 0 Å². The summed E-state index contributed by atoms with van der Waals surface area (Å²) in [5.41, 5.74) is 7.87. The zero-order valence-electron chi connectivity index (χ0n) is 13.9. The Morgan fingerprint density at radius 3 is 2.52 bits per heavy atom. The lowest BCUT2D eigenvalue weighted by Crippen LogP contribution is -2.23. The summed E-state index contributed by atoms with van der Waals surface area (Å²) in [6, 6.07) is 8.02. The molecule has 0 aliphatic carbocycles. The van der Waals surface area contributed by atoms with Crippen LogP contribution in [-0.4, -0.2) is 31.0 Å². The highest BCUT2D eigenvalue weighted by Crippen LogP contribution is 2.26. The molecule has 0 unspecified atom stereocenters. The Morgan fingerprint density at radius 2 is 1.87 bits per heavy atom. The summed E-state index contributed by atoms with van der Waals surface area (Å²) >= 11 is 0. The average molecular weight is 311 g/mol. The summed E-state index contributed by atoms with van der Waals surface area (Å²) in [5.74, 6) is 2.41. The Balaban J connectivity index is 2.13. The van der Waals surface area contributed by atoms with Crippen LogP contribution in [-0.2, 0) is 7.05 Å². The second kappa shape index (κ2) is 5.83. The van der Waals surface area contributed by atoms with Gasteiger partial charge in [0.1, 0.15) is 5.82 Å². The van der Waals surface area contributed by atoms with Gasteiger partial charge in [0.05, 0.1) is 11.0 Å². The number of imidazole rings is 1. The lowest BCUT2D eigenvalue weighted by atomic mass is 10.2. The Morgan fingerprint density at radius 1 is 1.13 bits per heavy atom. The lowest BCUT2D eigenvalue weighted by molar-refractivity contribution is 0.749. The van der Waals surface area contributed by atoms with Gasteiger partial charge in [0.2, 0.25) is 17.8 Å². The van der Waals surface area contributed by atoms with E-state index in [9.17, 15) is 0 Å². The fourth-order valence-corrected chi connectivity index (χ4v) is 2.52. The molecule has 0 spiro atoms. The molecule has 0 atom stereocenters. The summed E-state index contributed by atoms with van der Waals surface area (Å²) in [6.07, 6.45) is 0. The molecule has 0 saturated carbocycles. The number of hydrogen-bond acceptors (Lipinski definition) is 6. The van der Waals surface area contributed by atoms with Crippen LogP contribution in [0.1, 0.15) is 32.5 Å². The van der Waals surface area contributed by atoms with Crippen molar-refractivity contribution in [2.24, 2.45) is 7.05 Å². The second-order valence-electron chi connectivity index (χ2n) is 5.71. The molecule has 7 heteroatoms. The van der Waals surface area contributed by atoms with E-state index in [1.54, 1.807) is 0 Å². The summed E-state index contributed by atoms with van der Waals surface area (Å²) in [7, 11) is 1.99. The molecule has 0 fully saturated rings. The summed E-state index contributed by atoms with van der Waals surface area (Å²) in [5, 5.41) is 0. The molecule has 0 aliphatic heterocycles. The van der Waals surface area contributed by atoms with Crippen molar-refractivity contribution in [2.75, 3.05) is 17.2 Å². The van der Waals surface area contributed by atoms with E-state index < -0.39 is 0 Å². The van der Waals surface area contributed by atoms with Gasteiger partial charge in [-0.1, -0.05) is 26.0 Å². The number of anilines is 3. The molecular weight excluding hydrogens is 290 g/mol. The van der Waals surface area contributed by atoms with Crippen LogP contribution in [0.15, 0.2) is 24.3 Å². The van der Waals surface area contributed by atoms with Gasteiger partial charge in [0, 0.05) is 19.5 Å².